The van der Waals surface area contributed by atoms with E-state index in [1.165, 1.54) is 7.11 Å². The van der Waals surface area contributed by atoms with Gasteiger partial charge in [-0.1, -0.05) is 29.8 Å². The van der Waals surface area contributed by atoms with Gasteiger partial charge in [-0.3, -0.25) is 4.79 Å². The van der Waals surface area contributed by atoms with Crippen molar-refractivity contribution in [3.8, 4) is 11.5 Å². The van der Waals surface area contributed by atoms with Crippen molar-refractivity contribution in [2.45, 2.75) is 13.3 Å². The standard InChI is InChI=1S/C19H22N2O4/c1-13-4-6-14(7-5-13)16(22)10-11-20-19(23)21-15-8-9-17(24-2)18(12-15)25-3/h4-9,12H,10-11H2,1-3H3,(H2,20,21,23). The van der Waals surface area contributed by atoms with Crippen LogP contribution in [-0.2, 0) is 0 Å². The normalized spacial score (nSPS) is 10.0. The Morgan fingerprint density at radius 1 is 0.960 bits per heavy atom. The number of ether oxygens (including phenoxy) is 2. The number of rotatable bonds is 7. The number of urea groups is 1. The second kappa shape index (κ2) is 8.73. The number of amides is 2. The Bertz CT molecular complexity index is 742. The largest absolute Gasteiger partial charge is 0.493 e. The fraction of sp³-hybridized carbons (Fsp3) is 0.263. The molecule has 2 aromatic rings. The van der Waals surface area contributed by atoms with Crippen LogP contribution in [-0.4, -0.2) is 32.6 Å². The molecule has 0 aliphatic rings. The van der Waals surface area contributed by atoms with Crippen LogP contribution in [0, 0.1) is 6.92 Å². The first-order valence-electron chi connectivity index (χ1n) is 7.90. The van der Waals surface area contributed by atoms with E-state index in [4.69, 9.17) is 9.47 Å². The number of methoxy groups -OCH3 is 2. The van der Waals surface area contributed by atoms with Crippen LogP contribution in [0.25, 0.3) is 0 Å². The van der Waals surface area contributed by atoms with Crippen LogP contribution < -0.4 is 20.1 Å². The number of benzene rings is 2. The van der Waals surface area contributed by atoms with E-state index in [1.807, 2.05) is 19.1 Å². The van der Waals surface area contributed by atoms with Crippen molar-refractivity contribution < 1.29 is 19.1 Å². The van der Waals surface area contributed by atoms with Gasteiger partial charge in [0.15, 0.2) is 17.3 Å². The molecule has 2 amide bonds. The molecule has 0 heterocycles. The summed E-state index contributed by atoms with van der Waals surface area (Å²) >= 11 is 0. The highest BCUT2D eigenvalue weighted by Crippen LogP contribution is 2.29. The average molecular weight is 342 g/mol. The molecule has 0 atom stereocenters. The minimum absolute atomic E-state index is 0.00795. The predicted molar refractivity (Wildman–Crippen MR) is 96.7 cm³/mol. The molecule has 0 spiro atoms. The van der Waals surface area contributed by atoms with Crippen LogP contribution in [0.2, 0.25) is 0 Å². The Labute approximate surface area is 147 Å². The van der Waals surface area contributed by atoms with Crippen molar-refractivity contribution in [3.63, 3.8) is 0 Å². The van der Waals surface area contributed by atoms with Gasteiger partial charge >= 0.3 is 6.03 Å². The van der Waals surface area contributed by atoms with Gasteiger partial charge in [0, 0.05) is 30.3 Å². The van der Waals surface area contributed by atoms with Gasteiger partial charge in [0.1, 0.15) is 0 Å². The molecular formula is C19H22N2O4. The monoisotopic (exact) mass is 342 g/mol. The summed E-state index contributed by atoms with van der Waals surface area (Å²) in [5.41, 5.74) is 2.32. The summed E-state index contributed by atoms with van der Waals surface area (Å²) in [7, 11) is 3.07. The van der Waals surface area contributed by atoms with Crippen molar-refractivity contribution in [3.05, 3.63) is 53.6 Å². The van der Waals surface area contributed by atoms with E-state index in [0.717, 1.165) is 5.56 Å². The molecule has 132 valence electrons. The molecule has 2 aromatic carbocycles. The summed E-state index contributed by atoms with van der Waals surface area (Å²) in [6.45, 7) is 2.22. The highest BCUT2D eigenvalue weighted by Gasteiger charge is 2.09. The number of hydrogen-bond acceptors (Lipinski definition) is 4. The first kappa shape index (κ1) is 18.3. The Morgan fingerprint density at radius 2 is 1.64 bits per heavy atom. The van der Waals surface area contributed by atoms with Gasteiger partial charge in [-0.25, -0.2) is 4.79 Å². The number of aryl methyl sites for hydroxylation is 1. The molecule has 0 unspecified atom stereocenters. The number of hydrogen-bond donors (Lipinski definition) is 2. The van der Waals surface area contributed by atoms with Gasteiger partial charge in [-0.05, 0) is 19.1 Å². The van der Waals surface area contributed by atoms with Gasteiger partial charge in [-0.15, -0.1) is 0 Å². The zero-order chi connectivity index (χ0) is 18.2. The molecule has 0 aromatic heterocycles. The van der Waals surface area contributed by atoms with Gasteiger partial charge < -0.3 is 20.1 Å². The molecule has 25 heavy (non-hydrogen) atoms. The van der Waals surface area contributed by atoms with E-state index in [1.54, 1.807) is 37.4 Å². The van der Waals surface area contributed by atoms with Gasteiger partial charge in [0.05, 0.1) is 14.2 Å². The molecule has 0 saturated heterocycles. The lowest BCUT2D eigenvalue weighted by molar-refractivity contribution is 0.0983. The topological polar surface area (TPSA) is 76.7 Å². The fourth-order valence-electron chi connectivity index (χ4n) is 2.26. The smallest absolute Gasteiger partial charge is 0.319 e. The first-order valence-corrected chi connectivity index (χ1v) is 7.90. The number of nitrogens with one attached hydrogen (secondary N) is 2. The molecule has 6 nitrogen and oxygen atoms in total. The van der Waals surface area contributed by atoms with E-state index in [-0.39, 0.29) is 24.8 Å². The van der Waals surface area contributed by atoms with E-state index in [9.17, 15) is 9.59 Å². The molecule has 0 aliphatic carbocycles. The Balaban J connectivity index is 1.82. The number of carbonyl (C=O) groups is 2. The van der Waals surface area contributed by atoms with Gasteiger partial charge in [0.2, 0.25) is 0 Å². The van der Waals surface area contributed by atoms with Crippen molar-refractivity contribution in [2.24, 2.45) is 0 Å². The molecule has 0 aliphatic heterocycles. The van der Waals surface area contributed by atoms with Crippen LogP contribution in [0.1, 0.15) is 22.3 Å². The molecule has 6 heteroatoms. The Morgan fingerprint density at radius 3 is 2.28 bits per heavy atom. The van der Waals surface area contributed by atoms with Crippen LogP contribution >= 0.6 is 0 Å². The summed E-state index contributed by atoms with van der Waals surface area (Å²) in [6, 6.07) is 12.1. The van der Waals surface area contributed by atoms with E-state index in [2.05, 4.69) is 10.6 Å². The predicted octanol–water partition coefficient (Wildman–Crippen LogP) is 3.41. The van der Waals surface area contributed by atoms with Crippen LogP contribution in [0.3, 0.4) is 0 Å². The third-order valence-corrected chi connectivity index (χ3v) is 3.65. The summed E-state index contributed by atoms with van der Waals surface area (Å²) < 4.78 is 10.3. The van der Waals surface area contributed by atoms with Crippen molar-refractivity contribution >= 4 is 17.5 Å². The van der Waals surface area contributed by atoms with Gasteiger partial charge in [0.25, 0.3) is 0 Å². The number of ketones is 1. The lowest BCUT2D eigenvalue weighted by Crippen LogP contribution is -2.30. The zero-order valence-corrected chi connectivity index (χ0v) is 14.6. The fourth-order valence-corrected chi connectivity index (χ4v) is 2.26. The summed E-state index contributed by atoms with van der Waals surface area (Å²) in [4.78, 5) is 24.0. The van der Waals surface area contributed by atoms with Crippen LogP contribution in [0.15, 0.2) is 42.5 Å². The summed E-state index contributed by atoms with van der Waals surface area (Å²) in [5, 5.41) is 5.36. The van der Waals surface area contributed by atoms with E-state index in [0.29, 0.717) is 22.7 Å². The highest BCUT2D eigenvalue weighted by molar-refractivity contribution is 5.96. The molecule has 0 fully saturated rings. The number of anilines is 1. The van der Waals surface area contributed by atoms with Crippen molar-refractivity contribution in [2.75, 3.05) is 26.1 Å². The maximum atomic E-state index is 12.0. The zero-order valence-electron chi connectivity index (χ0n) is 14.6. The maximum absolute atomic E-state index is 12.0. The van der Waals surface area contributed by atoms with Gasteiger partial charge in [-0.2, -0.15) is 0 Å². The summed E-state index contributed by atoms with van der Waals surface area (Å²) in [6.07, 6.45) is 0.239. The van der Waals surface area contributed by atoms with E-state index < -0.39 is 0 Å². The minimum Gasteiger partial charge on any atom is -0.493 e. The molecule has 0 bridgehead atoms. The molecule has 2 rings (SSSR count). The highest BCUT2D eigenvalue weighted by atomic mass is 16.5. The van der Waals surface area contributed by atoms with Crippen molar-refractivity contribution in [1.29, 1.82) is 0 Å². The first-order chi connectivity index (χ1) is 12.0. The van der Waals surface area contributed by atoms with Crippen LogP contribution in [0.4, 0.5) is 10.5 Å². The molecular weight excluding hydrogens is 320 g/mol. The van der Waals surface area contributed by atoms with Crippen LogP contribution in [0.5, 0.6) is 11.5 Å². The molecule has 0 radical (unpaired) electrons. The lowest BCUT2D eigenvalue weighted by Gasteiger charge is -2.11. The average Bonchev–Trinajstić information content (AvgIpc) is 2.62. The SMILES string of the molecule is COc1ccc(NC(=O)NCCC(=O)c2ccc(C)cc2)cc1OC. The third kappa shape index (κ3) is 5.24. The summed E-state index contributed by atoms with van der Waals surface area (Å²) in [5.74, 6) is 1.10. The minimum atomic E-state index is -0.385. The molecule has 0 saturated carbocycles. The third-order valence-electron chi connectivity index (χ3n) is 3.65. The molecule has 2 N–H and O–H groups in total. The second-order valence-corrected chi connectivity index (χ2v) is 5.49. The van der Waals surface area contributed by atoms with E-state index >= 15 is 0 Å². The number of carbonyl (C=O) groups excluding carboxylic acids is 2. The lowest BCUT2D eigenvalue weighted by atomic mass is 10.1. The second-order valence-electron chi connectivity index (χ2n) is 5.49. The maximum Gasteiger partial charge on any atom is 0.319 e. The number of Topliss-reactive ketones (excluding diaryl/α,β-unsaturated/α-hetero) is 1. The Kier molecular flexibility index (Phi) is 6.39. The van der Waals surface area contributed by atoms with Crippen molar-refractivity contribution in [1.82, 2.24) is 5.32 Å². The quantitative estimate of drug-likeness (QED) is 0.756. The Hall–Kier alpha value is -3.02.